The normalized spacial score (nSPS) is 11.2. The van der Waals surface area contributed by atoms with Crippen LogP contribution in [0, 0.1) is 11.6 Å². The zero-order valence-electron chi connectivity index (χ0n) is 9.12. The van der Waals surface area contributed by atoms with Gasteiger partial charge in [-0.3, -0.25) is 0 Å². The first-order valence-corrected chi connectivity index (χ1v) is 6.75. The molecule has 0 saturated carbocycles. The number of fused-ring (bicyclic) bond motifs is 1. The quantitative estimate of drug-likeness (QED) is 0.594. The van der Waals surface area contributed by atoms with Crippen molar-refractivity contribution in [3.63, 3.8) is 0 Å². The molecule has 0 aliphatic carbocycles. The fraction of sp³-hybridized carbons (Fsp3) is 0. The molecule has 0 atom stereocenters. The SMILES string of the molecule is Fc1cc2nc(-c3sccc3Cl)nc(Cl)c2cc1F. The van der Waals surface area contributed by atoms with Gasteiger partial charge in [0, 0.05) is 11.5 Å². The molecule has 19 heavy (non-hydrogen) atoms. The van der Waals surface area contributed by atoms with E-state index in [0.717, 1.165) is 12.1 Å². The smallest absolute Gasteiger partial charge is 0.173 e. The van der Waals surface area contributed by atoms with E-state index in [-0.39, 0.29) is 16.1 Å². The van der Waals surface area contributed by atoms with Gasteiger partial charge in [0.25, 0.3) is 0 Å². The Morgan fingerprint density at radius 1 is 1.05 bits per heavy atom. The summed E-state index contributed by atoms with van der Waals surface area (Å²) in [6.07, 6.45) is 0. The van der Waals surface area contributed by atoms with Crippen LogP contribution in [-0.4, -0.2) is 9.97 Å². The molecule has 0 unspecified atom stereocenters. The highest BCUT2D eigenvalue weighted by atomic mass is 35.5. The van der Waals surface area contributed by atoms with Crippen LogP contribution in [0.1, 0.15) is 0 Å². The van der Waals surface area contributed by atoms with Crippen LogP contribution in [0.5, 0.6) is 0 Å². The highest BCUT2D eigenvalue weighted by Crippen LogP contribution is 2.33. The third-order valence-electron chi connectivity index (χ3n) is 2.51. The fourth-order valence-corrected chi connectivity index (χ4v) is 2.95. The van der Waals surface area contributed by atoms with Crippen molar-refractivity contribution in [3.8, 4) is 10.7 Å². The standard InChI is InChI=1S/C12H4Cl2F2N2S/c13-6-1-2-19-10(6)12-17-9-4-8(16)7(15)3-5(9)11(14)18-12/h1-4H. The molecule has 3 rings (SSSR count). The molecule has 0 aliphatic rings. The Hall–Kier alpha value is -1.30. The Bertz CT molecular complexity index is 789. The average molecular weight is 317 g/mol. The van der Waals surface area contributed by atoms with Gasteiger partial charge in [-0.25, -0.2) is 18.7 Å². The van der Waals surface area contributed by atoms with E-state index in [4.69, 9.17) is 23.2 Å². The average Bonchev–Trinajstić information content (AvgIpc) is 2.78. The third kappa shape index (κ3) is 2.18. The van der Waals surface area contributed by atoms with E-state index in [1.165, 1.54) is 11.3 Å². The second-order valence-electron chi connectivity index (χ2n) is 3.72. The monoisotopic (exact) mass is 316 g/mol. The van der Waals surface area contributed by atoms with Gasteiger partial charge in [-0.2, -0.15) is 0 Å². The zero-order valence-corrected chi connectivity index (χ0v) is 11.5. The fourth-order valence-electron chi connectivity index (χ4n) is 1.64. The highest BCUT2D eigenvalue weighted by Gasteiger charge is 2.14. The van der Waals surface area contributed by atoms with Gasteiger partial charge in [0.1, 0.15) is 5.15 Å². The van der Waals surface area contributed by atoms with Crippen LogP contribution in [0.25, 0.3) is 21.6 Å². The van der Waals surface area contributed by atoms with Crippen molar-refractivity contribution in [1.29, 1.82) is 0 Å². The summed E-state index contributed by atoms with van der Waals surface area (Å²) in [6, 6.07) is 3.67. The van der Waals surface area contributed by atoms with Crippen LogP contribution in [-0.2, 0) is 0 Å². The molecule has 2 nitrogen and oxygen atoms in total. The number of hydrogen-bond donors (Lipinski definition) is 0. The molecule has 7 heteroatoms. The molecular formula is C12H4Cl2F2N2S. The molecule has 1 aromatic carbocycles. The second kappa shape index (κ2) is 4.67. The number of halogens is 4. The van der Waals surface area contributed by atoms with E-state index < -0.39 is 11.6 Å². The summed E-state index contributed by atoms with van der Waals surface area (Å²) in [4.78, 5) is 8.87. The summed E-state index contributed by atoms with van der Waals surface area (Å²) < 4.78 is 26.4. The maximum absolute atomic E-state index is 13.2. The molecule has 0 bridgehead atoms. The summed E-state index contributed by atoms with van der Waals surface area (Å²) in [5.41, 5.74) is 0.235. The highest BCUT2D eigenvalue weighted by molar-refractivity contribution is 7.14. The van der Waals surface area contributed by atoms with Crippen molar-refractivity contribution in [3.05, 3.63) is 45.4 Å². The van der Waals surface area contributed by atoms with E-state index >= 15 is 0 Å². The van der Waals surface area contributed by atoms with E-state index in [1.807, 2.05) is 0 Å². The van der Waals surface area contributed by atoms with Gasteiger partial charge >= 0.3 is 0 Å². The largest absolute Gasteiger partial charge is 0.227 e. The first-order valence-electron chi connectivity index (χ1n) is 5.12. The van der Waals surface area contributed by atoms with Gasteiger partial charge in [-0.1, -0.05) is 23.2 Å². The molecule has 0 radical (unpaired) electrons. The van der Waals surface area contributed by atoms with Gasteiger partial charge in [-0.15, -0.1) is 11.3 Å². The first-order chi connectivity index (χ1) is 9.06. The molecule has 0 fully saturated rings. The van der Waals surface area contributed by atoms with Crippen LogP contribution in [0.4, 0.5) is 8.78 Å². The summed E-state index contributed by atoms with van der Waals surface area (Å²) in [7, 11) is 0. The number of hydrogen-bond acceptors (Lipinski definition) is 3. The van der Waals surface area contributed by atoms with Crippen molar-refractivity contribution >= 4 is 45.4 Å². The van der Waals surface area contributed by atoms with Gasteiger partial charge in [0.2, 0.25) is 0 Å². The molecule has 0 N–H and O–H groups in total. The van der Waals surface area contributed by atoms with Crippen LogP contribution in [0.3, 0.4) is 0 Å². The number of benzene rings is 1. The maximum atomic E-state index is 13.2. The summed E-state index contributed by atoms with van der Waals surface area (Å²) in [5.74, 6) is -1.67. The van der Waals surface area contributed by atoms with Gasteiger partial charge in [-0.05, 0) is 17.5 Å². The minimum Gasteiger partial charge on any atom is -0.227 e. The van der Waals surface area contributed by atoms with E-state index in [2.05, 4.69) is 9.97 Å². The predicted octanol–water partition coefficient (Wildman–Crippen LogP) is 4.94. The zero-order chi connectivity index (χ0) is 13.6. The summed E-state index contributed by atoms with van der Waals surface area (Å²) >= 11 is 13.3. The van der Waals surface area contributed by atoms with E-state index in [9.17, 15) is 8.78 Å². The van der Waals surface area contributed by atoms with Crippen molar-refractivity contribution in [2.45, 2.75) is 0 Å². The number of nitrogens with zero attached hydrogens (tertiary/aromatic N) is 2. The predicted molar refractivity (Wildman–Crippen MR) is 72.8 cm³/mol. The van der Waals surface area contributed by atoms with Crippen LogP contribution in [0.2, 0.25) is 10.2 Å². The Morgan fingerprint density at radius 3 is 2.47 bits per heavy atom. The minimum absolute atomic E-state index is 0.0587. The van der Waals surface area contributed by atoms with E-state index in [1.54, 1.807) is 11.4 Å². The lowest BCUT2D eigenvalue weighted by Crippen LogP contribution is -1.93. The topological polar surface area (TPSA) is 25.8 Å². The Labute approximate surface area is 120 Å². The molecule has 0 aliphatic heterocycles. The molecule has 3 aromatic rings. The van der Waals surface area contributed by atoms with Gasteiger partial charge < -0.3 is 0 Å². The molecule has 0 saturated heterocycles. The lowest BCUT2D eigenvalue weighted by molar-refractivity contribution is 0.510. The molecule has 0 amide bonds. The second-order valence-corrected chi connectivity index (χ2v) is 5.40. The minimum atomic E-state index is -0.986. The summed E-state index contributed by atoms with van der Waals surface area (Å²) in [5, 5.41) is 2.59. The van der Waals surface area contributed by atoms with Crippen molar-refractivity contribution in [2.75, 3.05) is 0 Å². The molecule has 96 valence electrons. The van der Waals surface area contributed by atoms with Crippen LogP contribution >= 0.6 is 34.5 Å². The van der Waals surface area contributed by atoms with Crippen LogP contribution < -0.4 is 0 Å². The van der Waals surface area contributed by atoms with Gasteiger partial charge in [0.05, 0.1) is 15.4 Å². The molecule has 2 aromatic heterocycles. The van der Waals surface area contributed by atoms with Crippen molar-refractivity contribution in [1.82, 2.24) is 9.97 Å². The van der Waals surface area contributed by atoms with E-state index in [0.29, 0.717) is 15.7 Å². The molecule has 0 spiro atoms. The Morgan fingerprint density at radius 2 is 1.79 bits per heavy atom. The van der Waals surface area contributed by atoms with Crippen molar-refractivity contribution < 1.29 is 8.78 Å². The maximum Gasteiger partial charge on any atom is 0.173 e. The lowest BCUT2D eigenvalue weighted by Gasteiger charge is -2.04. The number of thiophene rings is 1. The Balaban J connectivity index is 2.30. The van der Waals surface area contributed by atoms with Gasteiger partial charge in [0.15, 0.2) is 17.5 Å². The van der Waals surface area contributed by atoms with Crippen LogP contribution in [0.15, 0.2) is 23.6 Å². The summed E-state index contributed by atoms with van der Waals surface area (Å²) in [6.45, 7) is 0. The third-order valence-corrected chi connectivity index (χ3v) is 4.14. The Kier molecular flexibility index (Phi) is 3.12. The number of aromatic nitrogens is 2. The molecule has 2 heterocycles. The first kappa shape index (κ1) is 12.7. The lowest BCUT2D eigenvalue weighted by atomic mass is 10.2. The molecular weight excluding hydrogens is 313 g/mol. The van der Waals surface area contributed by atoms with Crippen molar-refractivity contribution in [2.24, 2.45) is 0 Å². The number of rotatable bonds is 1.